The van der Waals surface area contributed by atoms with E-state index in [1.807, 2.05) is 24.3 Å². The van der Waals surface area contributed by atoms with Crippen LogP contribution >= 0.6 is 0 Å². The number of nitrogens with one attached hydrogen (secondary N) is 1. The van der Waals surface area contributed by atoms with Crippen molar-refractivity contribution in [2.75, 3.05) is 32.2 Å². The number of nitrogens with zero attached hydrogens (tertiary/aromatic N) is 2. The van der Waals surface area contributed by atoms with Crippen LogP contribution in [-0.2, 0) is 32.6 Å². The van der Waals surface area contributed by atoms with E-state index in [9.17, 15) is 9.59 Å². The van der Waals surface area contributed by atoms with Gasteiger partial charge in [-0.25, -0.2) is 23.0 Å². The zero-order valence-electron chi connectivity index (χ0n) is 30.5. The van der Waals surface area contributed by atoms with E-state index in [2.05, 4.69) is 10.3 Å². The van der Waals surface area contributed by atoms with Gasteiger partial charge in [0.25, 0.3) is 0 Å². The van der Waals surface area contributed by atoms with Crippen LogP contribution in [0.5, 0.6) is 17.4 Å². The molecule has 1 heterocycles. The van der Waals surface area contributed by atoms with E-state index in [1.165, 1.54) is 35.7 Å². The van der Waals surface area contributed by atoms with Crippen molar-refractivity contribution in [2.24, 2.45) is 0 Å². The standard InChI is InChI=1S/C40H43N3O9S/c1-40(2,3)52-39(45)42-24-36(29-11-13-30(14-12-29)38(44)50-6)53(46,47)43(25-27-7-16-33(48-4)17-8-27)32-15-20-35-31(23-32)21-22-41-37(35)51-26-28-9-18-34(49-5)19-10-28/h7-23,36H,24-26H2,1-6H3,(H,42,45). The second-order valence-electron chi connectivity index (χ2n) is 13.0. The van der Waals surface area contributed by atoms with Gasteiger partial charge < -0.3 is 29.0 Å². The summed E-state index contributed by atoms with van der Waals surface area (Å²) in [5.74, 6) is 1.18. The van der Waals surface area contributed by atoms with Gasteiger partial charge >= 0.3 is 12.1 Å². The summed E-state index contributed by atoms with van der Waals surface area (Å²) in [6, 6.07) is 27.7. The van der Waals surface area contributed by atoms with Crippen molar-refractivity contribution in [3.63, 3.8) is 0 Å². The molecule has 0 saturated heterocycles. The number of alkyl carbamates (subject to hydrolysis) is 1. The molecule has 1 unspecified atom stereocenters. The monoisotopic (exact) mass is 741 g/mol. The average Bonchev–Trinajstić information content (AvgIpc) is 3.15. The van der Waals surface area contributed by atoms with Crippen LogP contribution in [0.1, 0.15) is 53.1 Å². The first kappa shape index (κ1) is 38.4. The maximum atomic E-state index is 15.0. The molecular weight excluding hydrogens is 699 g/mol. The van der Waals surface area contributed by atoms with E-state index < -0.39 is 32.9 Å². The third kappa shape index (κ3) is 9.74. The number of hydrogen-bond acceptors (Lipinski definition) is 10. The summed E-state index contributed by atoms with van der Waals surface area (Å²) >= 11 is 0. The number of esters is 1. The first-order chi connectivity index (χ1) is 25.3. The predicted molar refractivity (Wildman–Crippen MR) is 202 cm³/mol. The normalized spacial score (nSPS) is 12.0. The summed E-state index contributed by atoms with van der Waals surface area (Å²) in [6.45, 7) is 5.04. The van der Waals surface area contributed by atoms with Crippen LogP contribution in [-0.4, -0.2) is 58.9 Å². The Morgan fingerprint density at radius 2 is 1.43 bits per heavy atom. The van der Waals surface area contributed by atoms with Crippen molar-refractivity contribution in [2.45, 2.75) is 44.8 Å². The topological polar surface area (TPSA) is 143 Å². The maximum absolute atomic E-state index is 15.0. The Labute approximate surface area is 309 Å². The molecule has 5 rings (SSSR count). The molecule has 53 heavy (non-hydrogen) atoms. The minimum absolute atomic E-state index is 0.0487. The van der Waals surface area contributed by atoms with Crippen molar-refractivity contribution in [1.29, 1.82) is 0 Å². The molecule has 0 bridgehead atoms. The average molecular weight is 742 g/mol. The van der Waals surface area contributed by atoms with Crippen LogP contribution in [0.15, 0.2) is 103 Å². The molecule has 0 aliphatic heterocycles. The van der Waals surface area contributed by atoms with Crippen LogP contribution in [0.3, 0.4) is 0 Å². The fourth-order valence-electron chi connectivity index (χ4n) is 5.50. The summed E-state index contributed by atoms with van der Waals surface area (Å²) in [6.07, 6.45) is 0.833. The quantitative estimate of drug-likeness (QED) is 0.116. The number of hydrogen-bond donors (Lipinski definition) is 1. The van der Waals surface area contributed by atoms with Gasteiger partial charge in [0, 0.05) is 18.1 Å². The number of amides is 1. The number of carbonyl (C=O) groups excluding carboxylic acids is 2. The molecule has 1 N–H and O–H groups in total. The molecule has 0 aliphatic rings. The zero-order chi connectivity index (χ0) is 38.2. The minimum Gasteiger partial charge on any atom is -0.497 e. The van der Waals surface area contributed by atoms with Crippen molar-refractivity contribution in [3.05, 3.63) is 126 Å². The Morgan fingerprint density at radius 1 is 0.811 bits per heavy atom. The van der Waals surface area contributed by atoms with Crippen LogP contribution in [0.4, 0.5) is 10.5 Å². The molecule has 0 saturated carbocycles. The van der Waals surface area contributed by atoms with Crippen LogP contribution < -0.4 is 23.8 Å². The number of benzene rings is 4. The molecule has 0 radical (unpaired) electrons. The molecule has 278 valence electrons. The highest BCUT2D eigenvalue weighted by Crippen LogP contribution is 2.35. The molecule has 0 fully saturated rings. The number of aromatic nitrogens is 1. The predicted octanol–water partition coefficient (Wildman–Crippen LogP) is 7.22. The van der Waals surface area contributed by atoms with Gasteiger partial charge in [0.2, 0.25) is 15.9 Å². The first-order valence-corrected chi connectivity index (χ1v) is 18.3. The summed E-state index contributed by atoms with van der Waals surface area (Å²) in [7, 11) is 0.0905. The van der Waals surface area contributed by atoms with E-state index in [0.717, 1.165) is 11.3 Å². The molecule has 13 heteroatoms. The molecule has 5 aromatic rings. The summed E-state index contributed by atoms with van der Waals surface area (Å²) in [5, 5.41) is 2.73. The largest absolute Gasteiger partial charge is 0.497 e. The number of ether oxygens (including phenoxy) is 5. The smallest absolute Gasteiger partial charge is 0.407 e. The maximum Gasteiger partial charge on any atom is 0.407 e. The van der Waals surface area contributed by atoms with E-state index in [-0.39, 0.29) is 25.3 Å². The molecule has 1 atom stereocenters. The number of methoxy groups -OCH3 is 3. The molecule has 4 aromatic carbocycles. The van der Waals surface area contributed by atoms with Crippen molar-refractivity contribution >= 4 is 38.5 Å². The molecular formula is C40H43N3O9S. The van der Waals surface area contributed by atoms with Crippen LogP contribution in [0.25, 0.3) is 10.8 Å². The number of rotatable bonds is 14. The van der Waals surface area contributed by atoms with Gasteiger partial charge in [0.05, 0.1) is 39.1 Å². The Hall–Kier alpha value is -5.82. The van der Waals surface area contributed by atoms with Gasteiger partial charge in [0.1, 0.15) is 29.0 Å². The van der Waals surface area contributed by atoms with Gasteiger partial charge in [-0.3, -0.25) is 4.31 Å². The van der Waals surface area contributed by atoms with Crippen molar-refractivity contribution in [1.82, 2.24) is 10.3 Å². The fraction of sp³-hybridized carbons (Fsp3) is 0.275. The zero-order valence-corrected chi connectivity index (χ0v) is 31.3. The number of sulfonamides is 1. The molecule has 0 spiro atoms. The number of anilines is 1. The summed E-state index contributed by atoms with van der Waals surface area (Å²) in [5.41, 5.74) is 1.76. The fourth-order valence-corrected chi connectivity index (χ4v) is 7.34. The van der Waals surface area contributed by atoms with Crippen molar-refractivity contribution < 1.29 is 41.7 Å². The van der Waals surface area contributed by atoms with E-state index in [1.54, 1.807) is 89.7 Å². The highest BCUT2D eigenvalue weighted by Gasteiger charge is 2.35. The lowest BCUT2D eigenvalue weighted by Gasteiger charge is -2.30. The van der Waals surface area contributed by atoms with E-state index in [4.69, 9.17) is 23.7 Å². The van der Waals surface area contributed by atoms with Gasteiger partial charge in [0.15, 0.2) is 0 Å². The Morgan fingerprint density at radius 3 is 2.02 bits per heavy atom. The lowest BCUT2D eigenvalue weighted by atomic mass is 10.1. The number of pyridine rings is 1. The van der Waals surface area contributed by atoms with Crippen LogP contribution in [0.2, 0.25) is 0 Å². The van der Waals surface area contributed by atoms with Gasteiger partial charge in [-0.2, -0.15) is 0 Å². The molecule has 0 aliphatic carbocycles. The van der Waals surface area contributed by atoms with Gasteiger partial charge in [-0.1, -0.05) is 36.4 Å². The third-order valence-corrected chi connectivity index (χ3v) is 10.3. The minimum atomic E-state index is -4.33. The third-order valence-electron chi connectivity index (χ3n) is 8.22. The second kappa shape index (κ2) is 16.7. The first-order valence-electron chi connectivity index (χ1n) is 16.8. The SMILES string of the molecule is COC(=O)c1ccc(C(CNC(=O)OC(C)(C)C)S(=O)(=O)N(Cc2ccc(OC)cc2)c2ccc3c(OCc4ccc(OC)cc4)nccc3c2)cc1. The lowest BCUT2D eigenvalue weighted by molar-refractivity contribution is 0.0526. The van der Waals surface area contributed by atoms with Gasteiger partial charge in [-0.05, 0) is 104 Å². The van der Waals surface area contributed by atoms with E-state index >= 15 is 8.42 Å². The van der Waals surface area contributed by atoms with Crippen molar-refractivity contribution in [3.8, 4) is 17.4 Å². The number of carbonyl (C=O) groups is 2. The Kier molecular flexibility index (Phi) is 12.1. The van der Waals surface area contributed by atoms with Gasteiger partial charge in [-0.15, -0.1) is 0 Å². The summed E-state index contributed by atoms with van der Waals surface area (Å²) in [4.78, 5) is 29.5. The summed E-state index contributed by atoms with van der Waals surface area (Å²) < 4.78 is 58.3. The highest BCUT2D eigenvalue weighted by atomic mass is 32.2. The molecule has 1 amide bonds. The number of fused-ring (bicyclic) bond motifs is 1. The van der Waals surface area contributed by atoms with E-state index in [0.29, 0.717) is 39.2 Å². The lowest BCUT2D eigenvalue weighted by Crippen LogP contribution is -2.41. The molecule has 12 nitrogen and oxygen atoms in total. The highest BCUT2D eigenvalue weighted by molar-refractivity contribution is 7.93. The molecule has 1 aromatic heterocycles. The Bertz CT molecular complexity index is 2130. The second-order valence-corrected chi connectivity index (χ2v) is 15.1. The van der Waals surface area contributed by atoms with Crippen LogP contribution in [0, 0.1) is 0 Å². The Balaban J connectivity index is 1.55.